The van der Waals surface area contributed by atoms with Gasteiger partial charge >= 0.3 is 0 Å². The van der Waals surface area contributed by atoms with Crippen LogP contribution in [0.15, 0.2) is 0 Å². The van der Waals surface area contributed by atoms with E-state index in [1.54, 1.807) is 0 Å². The molecule has 1 saturated heterocycles. The van der Waals surface area contributed by atoms with Crippen LogP contribution in [-0.4, -0.2) is 54.2 Å². The second kappa shape index (κ2) is 5.00. The van der Waals surface area contributed by atoms with Gasteiger partial charge in [-0.15, -0.1) is 0 Å². The Kier molecular flexibility index (Phi) is 3.85. The molecule has 1 N–H and O–H groups in total. The highest BCUT2D eigenvalue weighted by Gasteiger charge is 2.45. The Morgan fingerprint density at radius 2 is 1.88 bits per heavy atom. The van der Waals surface area contributed by atoms with Gasteiger partial charge < -0.3 is 14.6 Å². The lowest BCUT2D eigenvalue weighted by Crippen LogP contribution is -2.53. The number of aliphatic hydroxyl groups excluding tert-OH is 1. The van der Waals surface area contributed by atoms with Crippen LogP contribution in [0.1, 0.15) is 33.1 Å². The predicted octanol–water partition coefficient (Wildman–Crippen LogP) is 0.985. The highest BCUT2D eigenvalue weighted by atomic mass is 16.7. The number of aliphatic hydroxyl groups is 1. The van der Waals surface area contributed by atoms with Gasteiger partial charge in [0.15, 0.2) is 5.79 Å². The van der Waals surface area contributed by atoms with E-state index in [1.165, 1.54) is 0 Å². The van der Waals surface area contributed by atoms with Crippen molar-refractivity contribution in [3.05, 3.63) is 0 Å². The Labute approximate surface area is 97.5 Å². The van der Waals surface area contributed by atoms with Crippen molar-refractivity contribution in [3.63, 3.8) is 0 Å². The summed E-state index contributed by atoms with van der Waals surface area (Å²) in [4.78, 5) is 2.30. The van der Waals surface area contributed by atoms with Crippen LogP contribution in [0.4, 0.5) is 0 Å². The van der Waals surface area contributed by atoms with E-state index in [9.17, 15) is 5.11 Å². The normalized spacial score (nSPS) is 33.8. The molecule has 2 unspecified atom stereocenters. The van der Waals surface area contributed by atoms with Crippen molar-refractivity contribution in [1.29, 1.82) is 0 Å². The largest absolute Gasteiger partial charge is 0.391 e. The van der Waals surface area contributed by atoms with Gasteiger partial charge in [0.1, 0.15) is 0 Å². The molecule has 0 aromatic rings. The maximum absolute atomic E-state index is 10.1. The number of hydrogen-bond donors (Lipinski definition) is 1. The summed E-state index contributed by atoms with van der Waals surface area (Å²) < 4.78 is 11.5. The van der Waals surface area contributed by atoms with E-state index in [-0.39, 0.29) is 12.1 Å². The van der Waals surface area contributed by atoms with E-state index in [2.05, 4.69) is 18.7 Å². The Balaban J connectivity index is 2.04. The van der Waals surface area contributed by atoms with Crippen molar-refractivity contribution in [2.75, 3.05) is 26.3 Å². The maximum Gasteiger partial charge on any atom is 0.170 e. The quantitative estimate of drug-likeness (QED) is 0.783. The minimum absolute atomic E-state index is 0.182. The van der Waals surface area contributed by atoms with Gasteiger partial charge in [0.05, 0.1) is 19.3 Å². The van der Waals surface area contributed by atoms with Crippen molar-refractivity contribution in [2.45, 2.75) is 51.0 Å². The van der Waals surface area contributed by atoms with Crippen LogP contribution >= 0.6 is 0 Å². The summed E-state index contributed by atoms with van der Waals surface area (Å²) in [5.74, 6) is -0.396. The van der Waals surface area contributed by atoms with Crippen molar-refractivity contribution >= 4 is 0 Å². The smallest absolute Gasteiger partial charge is 0.170 e. The Hall–Kier alpha value is -0.160. The Bertz CT molecular complexity index is 224. The number of rotatable bonds is 3. The summed E-state index contributed by atoms with van der Waals surface area (Å²) in [6.45, 7) is 7.59. The first-order valence-electron chi connectivity index (χ1n) is 6.41. The lowest BCUT2D eigenvalue weighted by molar-refractivity contribution is -0.204. The van der Waals surface area contributed by atoms with Gasteiger partial charge in [0.2, 0.25) is 0 Å². The lowest BCUT2D eigenvalue weighted by Gasteiger charge is -2.43. The van der Waals surface area contributed by atoms with Crippen molar-refractivity contribution in [2.24, 2.45) is 0 Å². The zero-order chi connectivity index (χ0) is 11.6. The molecule has 4 nitrogen and oxygen atoms in total. The number of hydrogen-bond acceptors (Lipinski definition) is 4. The summed E-state index contributed by atoms with van der Waals surface area (Å²) >= 11 is 0. The number of ether oxygens (including phenoxy) is 2. The van der Waals surface area contributed by atoms with E-state index >= 15 is 0 Å². The summed E-state index contributed by atoms with van der Waals surface area (Å²) in [5, 5.41) is 10.1. The number of likely N-dealkylation sites (N-methyl/N-ethyl adjacent to an activating group) is 1. The zero-order valence-corrected chi connectivity index (χ0v) is 10.3. The first-order chi connectivity index (χ1) is 7.71. The molecule has 4 heteroatoms. The molecule has 1 heterocycles. The molecule has 0 bridgehead atoms. The maximum atomic E-state index is 10.1. The molecule has 2 rings (SSSR count). The first-order valence-corrected chi connectivity index (χ1v) is 6.41. The molecule has 0 aromatic carbocycles. The predicted molar refractivity (Wildman–Crippen MR) is 61.2 cm³/mol. The van der Waals surface area contributed by atoms with Crippen LogP contribution in [-0.2, 0) is 9.47 Å². The van der Waals surface area contributed by atoms with Gasteiger partial charge in [-0.1, -0.05) is 13.8 Å². The van der Waals surface area contributed by atoms with Crippen LogP contribution in [0.2, 0.25) is 0 Å². The summed E-state index contributed by atoms with van der Waals surface area (Å²) in [7, 11) is 0. The molecule has 1 saturated carbocycles. The molecule has 1 aliphatic heterocycles. The molecule has 0 aromatic heterocycles. The Morgan fingerprint density at radius 1 is 1.25 bits per heavy atom. The highest BCUT2D eigenvalue weighted by molar-refractivity contribution is 4.92. The molecular formula is C12H23NO3. The second-order valence-corrected chi connectivity index (χ2v) is 4.71. The molecular weight excluding hydrogens is 206 g/mol. The molecule has 0 amide bonds. The molecule has 94 valence electrons. The third kappa shape index (κ3) is 2.25. The van der Waals surface area contributed by atoms with E-state index in [1.807, 2.05) is 0 Å². The van der Waals surface area contributed by atoms with E-state index in [4.69, 9.17) is 9.47 Å². The molecule has 1 spiro atoms. The van der Waals surface area contributed by atoms with Gasteiger partial charge in [-0.2, -0.15) is 0 Å². The fraction of sp³-hybridized carbons (Fsp3) is 1.00. The van der Waals surface area contributed by atoms with Gasteiger partial charge in [-0.3, -0.25) is 4.90 Å². The molecule has 2 atom stereocenters. The van der Waals surface area contributed by atoms with Crippen molar-refractivity contribution < 1.29 is 14.6 Å². The minimum atomic E-state index is -0.396. The third-order valence-corrected chi connectivity index (χ3v) is 3.88. The van der Waals surface area contributed by atoms with Crippen molar-refractivity contribution in [3.8, 4) is 0 Å². The van der Waals surface area contributed by atoms with Crippen LogP contribution in [0.25, 0.3) is 0 Å². The van der Waals surface area contributed by atoms with Gasteiger partial charge in [0.25, 0.3) is 0 Å². The molecule has 2 fully saturated rings. The monoisotopic (exact) mass is 229 g/mol. The molecule has 16 heavy (non-hydrogen) atoms. The van der Waals surface area contributed by atoms with Crippen molar-refractivity contribution in [1.82, 2.24) is 4.90 Å². The lowest BCUT2D eigenvalue weighted by atomic mass is 9.86. The van der Waals surface area contributed by atoms with E-state index in [0.717, 1.165) is 32.4 Å². The second-order valence-electron chi connectivity index (χ2n) is 4.71. The van der Waals surface area contributed by atoms with E-state index in [0.29, 0.717) is 13.2 Å². The van der Waals surface area contributed by atoms with Gasteiger partial charge in [0, 0.05) is 18.9 Å². The summed E-state index contributed by atoms with van der Waals surface area (Å²) in [6.07, 6.45) is 2.17. The van der Waals surface area contributed by atoms with Gasteiger partial charge in [-0.25, -0.2) is 0 Å². The van der Waals surface area contributed by atoms with E-state index < -0.39 is 5.79 Å². The number of nitrogens with zero attached hydrogens (tertiary/aromatic N) is 1. The molecule has 1 aliphatic carbocycles. The van der Waals surface area contributed by atoms with Crippen LogP contribution < -0.4 is 0 Å². The average molecular weight is 229 g/mol. The topological polar surface area (TPSA) is 41.9 Å². The van der Waals surface area contributed by atoms with Gasteiger partial charge in [-0.05, 0) is 19.5 Å². The fourth-order valence-corrected chi connectivity index (χ4v) is 2.94. The fourth-order valence-electron chi connectivity index (χ4n) is 2.94. The Morgan fingerprint density at radius 3 is 2.44 bits per heavy atom. The van der Waals surface area contributed by atoms with Crippen LogP contribution in [0.3, 0.4) is 0 Å². The first kappa shape index (κ1) is 12.3. The average Bonchev–Trinajstić information content (AvgIpc) is 2.74. The minimum Gasteiger partial charge on any atom is -0.391 e. The summed E-state index contributed by atoms with van der Waals surface area (Å²) in [6, 6.07) is 0.182. The highest BCUT2D eigenvalue weighted by Crippen LogP contribution is 2.37. The summed E-state index contributed by atoms with van der Waals surface area (Å²) in [5.41, 5.74) is 0. The molecule has 2 aliphatic rings. The SMILES string of the molecule is CCN(CC)C1CC2(CCC1O)OCCO2. The zero-order valence-electron chi connectivity index (χ0n) is 10.3. The van der Waals surface area contributed by atoms with Crippen LogP contribution in [0, 0.1) is 0 Å². The third-order valence-electron chi connectivity index (χ3n) is 3.88. The molecule has 0 radical (unpaired) electrons. The standard InChI is InChI=1S/C12H23NO3/c1-3-13(4-2)10-9-12(6-5-11(10)14)15-7-8-16-12/h10-11,14H,3-9H2,1-2H3. The van der Waals surface area contributed by atoms with Crippen LogP contribution in [0.5, 0.6) is 0 Å².